The second-order valence-electron chi connectivity index (χ2n) is 5.55. The normalized spacial score (nSPS) is 29.4. The van der Waals surface area contributed by atoms with Crippen molar-refractivity contribution in [2.75, 3.05) is 13.2 Å². The van der Waals surface area contributed by atoms with Gasteiger partial charge < -0.3 is 15.4 Å². The predicted molar refractivity (Wildman–Crippen MR) is 73.0 cm³/mol. The van der Waals surface area contributed by atoms with Gasteiger partial charge >= 0.3 is 0 Å². The van der Waals surface area contributed by atoms with Crippen molar-refractivity contribution in [1.29, 1.82) is 0 Å². The molecule has 0 saturated carbocycles. The smallest absolute Gasteiger partial charge is 0.237 e. The number of carbonyl (C=O) groups is 1. The maximum Gasteiger partial charge on any atom is 0.237 e. The van der Waals surface area contributed by atoms with Gasteiger partial charge in [-0.1, -0.05) is 25.1 Å². The van der Waals surface area contributed by atoms with Gasteiger partial charge in [-0.15, -0.1) is 0 Å². The first-order chi connectivity index (χ1) is 9.24. The summed E-state index contributed by atoms with van der Waals surface area (Å²) < 4.78 is 5.59. The minimum Gasteiger partial charge on any atom is -0.491 e. The Labute approximate surface area is 113 Å². The van der Waals surface area contributed by atoms with Crippen LogP contribution >= 0.6 is 0 Å². The molecule has 3 unspecified atom stereocenters. The predicted octanol–water partition coefficient (Wildman–Crippen LogP) is 1.62. The number of hydrogen-bond donors (Lipinski definition) is 2. The van der Waals surface area contributed by atoms with Gasteiger partial charge in [0.2, 0.25) is 5.91 Å². The molecule has 2 N–H and O–H groups in total. The summed E-state index contributed by atoms with van der Waals surface area (Å²) in [5, 5.41) is 6.39. The first-order valence-electron chi connectivity index (χ1n) is 6.99. The molecule has 0 aliphatic carbocycles. The number of rotatable bonds is 2. The van der Waals surface area contributed by atoms with Crippen LogP contribution in [-0.4, -0.2) is 25.1 Å². The fraction of sp³-hybridized carbons (Fsp3) is 0.533. The molecule has 3 rings (SSSR count). The van der Waals surface area contributed by atoms with Crippen LogP contribution in [0.3, 0.4) is 0 Å². The molecule has 3 atom stereocenters. The van der Waals surface area contributed by atoms with Crippen LogP contribution in [0.4, 0.5) is 0 Å². The van der Waals surface area contributed by atoms with E-state index in [1.807, 2.05) is 24.3 Å². The van der Waals surface area contributed by atoms with Crippen molar-refractivity contribution >= 4 is 5.91 Å². The van der Waals surface area contributed by atoms with Crippen LogP contribution in [0.2, 0.25) is 0 Å². The van der Waals surface area contributed by atoms with E-state index in [9.17, 15) is 4.79 Å². The third-order valence-electron chi connectivity index (χ3n) is 4.00. The quantitative estimate of drug-likeness (QED) is 0.849. The van der Waals surface area contributed by atoms with E-state index in [1.54, 1.807) is 0 Å². The van der Waals surface area contributed by atoms with Gasteiger partial charge in [0, 0.05) is 5.56 Å². The number of hydrogen-bond acceptors (Lipinski definition) is 3. The van der Waals surface area contributed by atoms with E-state index in [2.05, 4.69) is 17.6 Å². The third kappa shape index (κ3) is 2.59. The number of benzene rings is 1. The topological polar surface area (TPSA) is 50.4 Å². The SMILES string of the molecule is CC1CCNC(C(=O)NC2COc3ccccc32)C1. The van der Waals surface area contributed by atoms with Crippen LogP contribution < -0.4 is 15.4 Å². The van der Waals surface area contributed by atoms with Crippen molar-refractivity contribution in [2.24, 2.45) is 5.92 Å². The second-order valence-corrected chi connectivity index (χ2v) is 5.55. The molecule has 19 heavy (non-hydrogen) atoms. The van der Waals surface area contributed by atoms with Crippen LogP contribution in [0.5, 0.6) is 5.75 Å². The average Bonchev–Trinajstić information content (AvgIpc) is 2.82. The Hall–Kier alpha value is -1.55. The highest BCUT2D eigenvalue weighted by atomic mass is 16.5. The Kier molecular flexibility index (Phi) is 3.42. The van der Waals surface area contributed by atoms with E-state index in [0.29, 0.717) is 12.5 Å². The van der Waals surface area contributed by atoms with Gasteiger partial charge in [-0.25, -0.2) is 0 Å². The molecule has 1 amide bonds. The summed E-state index contributed by atoms with van der Waals surface area (Å²) in [6, 6.07) is 7.83. The number of amides is 1. The Bertz CT molecular complexity index is 475. The zero-order valence-corrected chi connectivity index (χ0v) is 11.2. The fourth-order valence-electron chi connectivity index (χ4n) is 2.86. The van der Waals surface area contributed by atoms with Crippen molar-refractivity contribution in [1.82, 2.24) is 10.6 Å². The molecule has 0 radical (unpaired) electrons. The van der Waals surface area contributed by atoms with E-state index in [4.69, 9.17) is 4.74 Å². The molecule has 1 fully saturated rings. The summed E-state index contributed by atoms with van der Waals surface area (Å²) >= 11 is 0. The molecule has 4 heteroatoms. The maximum absolute atomic E-state index is 12.3. The van der Waals surface area contributed by atoms with Crippen molar-refractivity contribution in [3.8, 4) is 5.75 Å². The van der Waals surface area contributed by atoms with Gasteiger partial charge in [-0.2, -0.15) is 0 Å². The fourth-order valence-corrected chi connectivity index (χ4v) is 2.86. The molecule has 0 bridgehead atoms. The van der Waals surface area contributed by atoms with E-state index < -0.39 is 0 Å². The van der Waals surface area contributed by atoms with Crippen molar-refractivity contribution < 1.29 is 9.53 Å². The zero-order valence-electron chi connectivity index (χ0n) is 11.2. The number of para-hydroxylation sites is 1. The third-order valence-corrected chi connectivity index (χ3v) is 4.00. The lowest BCUT2D eigenvalue weighted by molar-refractivity contribution is -0.124. The Balaban J connectivity index is 1.64. The van der Waals surface area contributed by atoms with Crippen molar-refractivity contribution in [3.63, 3.8) is 0 Å². The van der Waals surface area contributed by atoms with Gasteiger partial charge in [0.1, 0.15) is 12.4 Å². The van der Waals surface area contributed by atoms with Crippen LogP contribution in [-0.2, 0) is 4.79 Å². The standard InChI is InChI=1S/C15H20N2O2/c1-10-6-7-16-12(8-10)15(18)17-13-9-19-14-5-3-2-4-11(13)14/h2-5,10,12-13,16H,6-9H2,1H3,(H,17,18). The zero-order chi connectivity index (χ0) is 13.2. The van der Waals surface area contributed by atoms with Gasteiger partial charge in [0.05, 0.1) is 12.1 Å². The van der Waals surface area contributed by atoms with Crippen LogP contribution in [0.25, 0.3) is 0 Å². The minimum absolute atomic E-state index is 0.0114. The maximum atomic E-state index is 12.3. The van der Waals surface area contributed by atoms with Gasteiger partial charge in [0.25, 0.3) is 0 Å². The van der Waals surface area contributed by atoms with Crippen molar-refractivity contribution in [3.05, 3.63) is 29.8 Å². The molecule has 2 aliphatic rings. The van der Waals surface area contributed by atoms with Crippen LogP contribution in [0, 0.1) is 5.92 Å². The lowest BCUT2D eigenvalue weighted by Crippen LogP contribution is -2.49. The summed E-state index contributed by atoms with van der Waals surface area (Å²) in [6.07, 6.45) is 2.07. The molecular weight excluding hydrogens is 240 g/mol. The summed E-state index contributed by atoms with van der Waals surface area (Å²) in [7, 11) is 0. The van der Waals surface area contributed by atoms with Gasteiger partial charge in [-0.3, -0.25) is 4.79 Å². The molecule has 1 aromatic carbocycles. The number of piperidine rings is 1. The minimum atomic E-state index is -0.0588. The summed E-state index contributed by atoms with van der Waals surface area (Å²) in [5.74, 6) is 1.60. The van der Waals surface area contributed by atoms with E-state index in [0.717, 1.165) is 30.7 Å². The summed E-state index contributed by atoms with van der Waals surface area (Å²) in [6.45, 7) is 3.67. The monoisotopic (exact) mass is 260 g/mol. The van der Waals surface area contributed by atoms with Crippen LogP contribution in [0.15, 0.2) is 24.3 Å². The largest absolute Gasteiger partial charge is 0.491 e. The van der Waals surface area contributed by atoms with E-state index >= 15 is 0 Å². The Morgan fingerprint density at radius 2 is 2.26 bits per heavy atom. The molecule has 4 nitrogen and oxygen atoms in total. The lowest BCUT2D eigenvalue weighted by atomic mass is 9.93. The molecule has 1 saturated heterocycles. The number of fused-ring (bicyclic) bond motifs is 1. The highest BCUT2D eigenvalue weighted by molar-refractivity contribution is 5.82. The van der Waals surface area contributed by atoms with Crippen LogP contribution in [0.1, 0.15) is 31.4 Å². The van der Waals surface area contributed by atoms with Gasteiger partial charge in [-0.05, 0) is 31.4 Å². The first-order valence-corrected chi connectivity index (χ1v) is 6.99. The number of ether oxygens (including phenoxy) is 1. The molecule has 0 aromatic heterocycles. The highest BCUT2D eigenvalue weighted by Crippen LogP contribution is 2.31. The average molecular weight is 260 g/mol. The lowest BCUT2D eigenvalue weighted by Gasteiger charge is -2.28. The summed E-state index contributed by atoms with van der Waals surface area (Å²) in [5.41, 5.74) is 1.08. The number of nitrogens with one attached hydrogen (secondary N) is 2. The first kappa shape index (κ1) is 12.5. The molecule has 2 aliphatic heterocycles. The molecule has 102 valence electrons. The van der Waals surface area contributed by atoms with Gasteiger partial charge in [0.15, 0.2) is 0 Å². The Morgan fingerprint density at radius 1 is 1.42 bits per heavy atom. The van der Waals surface area contributed by atoms with E-state index in [-0.39, 0.29) is 18.0 Å². The molecule has 0 spiro atoms. The number of carbonyl (C=O) groups excluding carboxylic acids is 1. The highest BCUT2D eigenvalue weighted by Gasteiger charge is 2.30. The van der Waals surface area contributed by atoms with E-state index in [1.165, 1.54) is 0 Å². The molecule has 1 aromatic rings. The second kappa shape index (κ2) is 5.21. The van der Waals surface area contributed by atoms with Crippen molar-refractivity contribution in [2.45, 2.75) is 31.8 Å². The Morgan fingerprint density at radius 3 is 3.11 bits per heavy atom. The molecule has 2 heterocycles. The molecular formula is C15H20N2O2. The summed E-state index contributed by atoms with van der Waals surface area (Å²) in [4.78, 5) is 12.3.